The molecule has 1 rings (SSSR count). The van der Waals surface area contributed by atoms with Crippen molar-refractivity contribution < 1.29 is 9.18 Å². The summed E-state index contributed by atoms with van der Waals surface area (Å²) in [5.41, 5.74) is 0.598. The Balaban J connectivity index is 3.00. The lowest BCUT2D eigenvalue weighted by atomic mass is 10.1. The first-order valence-electron chi connectivity index (χ1n) is 4.27. The average molecular weight is 204 g/mol. The van der Waals surface area contributed by atoms with Crippen molar-refractivity contribution >= 4 is 12.0 Å². The van der Waals surface area contributed by atoms with Crippen LogP contribution in [0.15, 0.2) is 29.8 Å². The lowest BCUT2D eigenvalue weighted by molar-refractivity contribution is -0.116. The van der Waals surface area contributed by atoms with Gasteiger partial charge in [0, 0.05) is 7.05 Å². The highest BCUT2D eigenvalue weighted by Gasteiger charge is 2.05. The standard InChI is InChI=1S/C11H9FN2O/c1-14-11(15)9(7-13)6-8-2-4-10(12)5-3-8/h2-6H,1H3,(H,14,15). The Morgan fingerprint density at radius 2 is 2.07 bits per heavy atom. The Kier molecular flexibility index (Phi) is 3.58. The lowest BCUT2D eigenvalue weighted by Gasteiger charge is -1.97. The second-order valence-electron chi connectivity index (χ2n) is 2.80. The first-order valence-corrected chi connectivity index (χ1v) is 4.27. The number of halogens is 1. The second kappa shape index (κ2) is 4.91. The van der Waals surface area contributed by atoms with Crippen LogP contribution in [-0.2, 0) is 4.79 Å². The van der Waals surface area contributed by atoms with Gasteiger partial charge >= 0.3 is 0 Å². The highest BCUT2D eigenvalue weighted by Crippen LogP contribution is 2.07. The molecule has 0 fully saturated rings. The molecular weight excluding hydrogens is 195 g/mol. The predicted molar refractivity (Wildman–Crippen MR) is 54.1 cm³/mol. The van der Waals surface area contributed by atoms with Crippen molar-refractivity contribution in [2.75, 3.05) is 7.05 Å². The van der Waals surface area contributed by atoms with E-state index >= 15 is 0 Å². The molecule has 0 aliphatic carbocycles. The minimum absolute atomic E-state index is 0.0101. The monoisotopic (exact) mass is 204 g/mol. The highest BCUT2D eigenvalue weighted by atomic mass is 19.1. The van der Waals surface area contributed by atoms with Crippen LogP contribution < -0.4 is 5.32 Å². The molecule has 0 saturated heterocycles. The molecule has 1 aromatic rings. The maximum Gasteiger partial charge on any atom is 0.261 e. The van der Waals surface area contributed by atoms with Crippen molar-refractivity contribution in [1.82, 2.24) is 5.32 Å². The molecule has 0 spiro atoms. The third kappa shape index (κ3) is 2.92. The first-order chi connectivity index (χ1) is 7.17. The van der Waals surface area contributed by atoms with E-state index in [0.717, 1.165) is 0 Å². The minimum Gasteiger partial charge on any atom is -0.354 e. The van der Waals surface area contributed by atoms with Crippen LogP contribution in [0.25, 0.3) is 6.08 Å². The van der Waals surface area contributed by atoms with Gasteiger partial charge in [-0.3, -0.25) is 4.79 Å². The third-order valence-corrected chi connectivity index (χ3v) is 1.77. The van der Waals surface area contributed by atoms with E-state index in [0.29, 0.717) is 5.56 Å². The van der Waals surface area contributed by atoms with Gasteiger partial charge in [0.25, 0.3) is 5.91 Å². The molecule has 0 aliphatic rings. The summed E-state index contributed by atoms with van der Waals surface area (Å²) in [6.07, 6.45) is 1.40. The van der Waals surface area contributed by atoms with Gasteiger partial charge in [-0.15, -0.1) is 0 Å². The van der Waals surface area contributed by atoms with E-state index in [2.05, 4.69) is 5.32 Å². The van der Waals surface area contributed by atoms with Crippen LogP contribution >= 0.6 is 0 Å². The van der Waals surface area contributed by atoms with Crippen molar-refractivity contribution in [3.63, 3.8) is 0 Å². The van der Waals surface area contributed by atoms with Gasteiger partial charge in [-0.2, -0.15) is 5.26 Å². The fourth-order valence-corrected chi connectivity index (χ4v) is 1.01. The number of hydrogen-bond acceptors (Lipinski definition) is 2. The maximum atomic E-state index is 12.6. The molecule has 0 bridgehead atoms. The zero-order valence-corrected chi connectivity index (χ0v) is 8.12. The van der Waals surface area contributed by atoms with Gasteiger partial charge < -0.3 is 5.32 Å². The van der Waals surface area contributed by atoms with Gasteiger partial charge in [0.1, 0.15) is 17.5 Å². The molecule has 0 heterocycles. The Bertz CT molecular complexity index is 429. The van der Waals surface area contributed by atoms with Crippen molar-refractivity contribution in [2.45, 2.75) is 0 Å². The zero-order chi connectivity index (χ0) is 11.3. The summed E-state index contributed by atoms with van der Waals surface area (Å²) in [5, 5.41) is 11.0. The number of nitrogens with zero attached hydrogens (tertiary/aromatic N) is 1. The molecule has 0 aliphatic heterocycles. The molecule has 76 valence electrons. The quantitative estimate of drug-likeness (QED) is 0.586. The normalized spacial score (nSPS) is 10.6. The van der Waals surface area contributed by atoms with E-state index < -0.39 is 5.91 Å². The highest BCUT2D eigenvalue weighted by molar-refractivity contribution is 6.01. The van der Waals surface area contributed by atoms with E-state index in [1.807, 2.05) is 0 Å². The Hall–Kier alpha value is -2.15. The molecule has 0 saturated carbocycles. The van der Waals surface area contributed by atoms with E-state index in [1.165, 1.54) is 37.4 Å². The molecule has 0 atom stereocenters. The summed E-state index contributed by atoms with van der Waals surface area (Å²) in [4.78, 5) is 11.1. The SMILES string of the molecule is CNC(=O)C(C#N)=Cc1ccc(F)cc1. The molecule has 0 radical (unpaired) electrons. The van der Waals surface area contributed by atoms with E-state index in [9.17, 15) is 9.18 Å². The second-order valence-corrected chi connectivity index (χ2v) is 2.80. The molecular formula is C11H9FN2O. The van der Waals surface area contributed by atoms with Crippen LogP contribution in [0.3, 0.4) is 0 Å². The number of carbonyl (C=O) groups is 1. The zero-order valence-electron chi connectivity index (χ0n) is 8.12. The number of rotatable bonds is 2. The molecule has 0 unspecified atom stereocenters. The van der Waals surface area contributed by atoms with E-state index in [-0.39, 0.29) is 11.4 Å². The summed E-state index contributed by atoms with van der Waals surface area (Å²) in [7, 11) is 1.44. The third-order valence-electron chi connectivity index (χ3n) is 1.77. The van der Waals surface area contributed by atoms with E-state index in [1.54, 1.807) is 6.07 Å². The first kappa shape index (κ1) is 10.9. The van der Waals surface area contributed by atoms with Crippen LogP contribution in [0.4, 0.5) is 4.39 Å². The van der Waals surface area contributed by atoms with Gasteiger partial charge in [0.05, 0.1) is 0 Å². The van der Waals surface area contributed by atoms with Crippen molar-refractivity contribution in [2.24, 2.45) is 0 Å². The van der Waals surface area contributed by atoms with Gasteiger partial charge in [0.15, 0.2) is 0 Å². The lowest BCUT2D eigenvalue weighted by Crippen LogP contribution is -2.19. The molecule has 1 N–H and O–H groups in total. The Morgan fingerprint density at radius 3 is 2.53 bits per heavy atom. The molecule has 0 aromatic heterocycles. The summed E-state index contributed by atoms with van der Waals surface area (Å²) in [6, 6.07) is 7.30. The van der Waals surface area contributed by atoms with Crippen LogP contribution in [0.5, 0.6) is 0 Å². The average Bonchev–Trinajstić information content (AvgIpc) is 2.27. The molecule has 1 amide bonds. The molecule has 4 heteroatoms. The van der Waals surface area contributed by atoms with Gasteiger partial charge in [-0.05, 0) is 23.8 Å². The number of carbonyl (C=O) groups excluding carboxylic acids is 1. The van der Waals surface area contributed by atoms with Crippen molar-refractivity contribution in [3.05, 3.63) is 41.2 Å². The summed E-state index contributed by atoms with van der Waals surface area (Å²) in [6.45, 7) is 0. The van der Waals surface area contributed by atoms with Crippen molar-refractivity contribution in [1.29, 1.82) is 5.26 Å². The van der Waals surface area contributed by atoms with Gasteiger partial charge in [-0.25, -0.2) is 4.39 Å². The smallest absolute Gasteiger partial charge is 0.261 e. The maximum absolute atomic E-state index is 12.6. The van der Waals surface area contributed by atoms with Crippen LogP contribution in [0.2, 0.25) is 0 Å². The summed E-state index contributed by atoms with van der Waals surface area (Å²) in [5.74, 6) is -0.813. The Labute approximate surface area is 86.8 Å². The predicted octanol–water partition coefficient (Wildman–Crippen LogP) is 1.48. The summed E-state index contributed by atoms with van der Waals surface area (Å²) < 4.78 is 12.6. The van der Waals surface area contributed by atoms with Crippen LogP contribution in [0, 0.1) is 17.1 Å². The van der Waals surface area contributed by atoms with Gasteiger partial charge in [-0.1, -0.05) is 12.1 Å². The minimum atomic E-state index is -0.457. The molecule has 15 heavy (non-hydrogen) atoms. The number of nitriles is 1. The number of benzene rings is 1. The fraction of sp³-hybridized carbons (Fsp3) is 0.0909. The van der Waals surface area contributed by atoms with Gasteiger partial charge in [0.2, 0.25) is 0 Å². The van der Waals surface area contributed by atoms with Crippen molar-refractivity contribution in [3.8, 4) is 6.07 Å². The number of likely N-dealkylation sites (N-methyl/N-ethyl adjacent to an activating group) is 1. The molecule has 1 aromatic carbocycles. The van der Waals surface area contributed by atoms with E-state index in [4.69, 9.17) is 5.26 Å². The van der Waals surface area contributed by atoms with Crippen LogP contribution in [0.1, 0.15) is 5.56 Å². The Morgan fingerprint density at radius 1 is 1.47 bits per heavy atom. The number of amides is 1. The number of hydrogen-bond donors (Lipinski definition) is 1. The number of nitrogens with one attached hydrogen (secondary N) is 1. The molecule has 3 nitrogen and oxygen atoms in total. The topological polar surface area (TPSA) is 52.9 Å². The largest absolute Gasteiger partial charge is 0.354 e. The van der Waals surface area contributed by atoms with Crippen LogP contribution in [-0.4, -0.2) is 13.0 Å². The summed E-state index contributed by atoms with van der Waals surface area (Å²) >= 11 is 0. The fourth-order valence-electron chi connectivity index (χ4n) is 1.01.